The molecule has 0 aromatic rings. The van der Waals surface area contributed by atoms with Crippen LogP contribution in [0.3, 0.4) is 0 Å². The highest BCUT2D eigenvalue weighted by Crippen LogP contribution is 2.30. The second kappa shape index (κ2) is 7.02. The number of hydrogen-bond donors (Lipinski definition) is 2. The van der Waals surface area contributed by atoms with Crippen LogP contribution in [0.15, 0.2) is 0 Å². The van der Waals surface area contributed by atoms with Crippen LogP contribution >= 0.6 is 0 Å². The molecule has 4 nitrogen and oxygen atoms in total. The molecule has 4 heteroatoms. The molecular weight excluding hydrogens is 244 g/mol. The van der Waals surface area contributed by atoms with Crippen molar-refractivity contribution in [3.8, 4) is 0 Å². The fourth-order valence-electron chi connectivity index (χ4n) is 3.10. The smallest absolute Gasteiger partial charge is 0.0883 e. The first-order valence-electron chi connectivity index (χ1n) is 7.76. The maximum Gasteiger partial charge on any atom is 0.0883 e. The van der Waals surface area contributed by atoms with E-state index < -0.39 is 0 Å². The Morgan fingerprint density at radius 2 is 1.32 bits per heavy atom. The summed E-state index contributed by atoms with van der Waals surface area (Å²) in [5, 5.41) is 20.1. The van der Waals surface area contributed by atoms with Crippen molar-refractivity contribution in [1.29, 1.82) is 0 Å². The van der Waals surface area contributed by atoms with Gasteiger partial charge in [-0.25, -0.2) is 0 Å². The lowest BCUT2D eigenvalue weighted by atomic mass is 9.86. The Kier molecular flexibility index (Phi) is 5.63. The Bertz CT molecular complexity index is 241. The van der Waals surface area contributed by atoms with Crippen LogP contribution in [0.25, 0.3) is 0 Å². The predicted molar refractivity (Wildman–Crippen MR) is 72.9 cm³/mol. The van der Waals surface area contributed by atoms with E-state index in [-0.39, 0.29) is 24.4 Å². The van der Waals surface area contributed by atoms with E-state index in [2.05, 4.69) is 13.8 Å². The van der Waals surface area contributed by atoms with Crippen LogP contribution in [-0.4, -0.2) is 47.8 Å². The summed E-state index contributed by atoms with van der Waals surface area (Å²) >= 11 is 0. The van der Waals surface area contributed by atoms with Gasteiger partial charge >= 0.3 is 0 Å². The van der Waals surface area contributed by atoms with Crippen LogP contribution in [0.5, 0.6) is 0 Å². The fraction of sp³-hybridized carbons (Fsp3) is 1.00. The third kappa shape index (κ3) is 3.48. The summed E-state index contributed by atoms with van der Waals surface area (Å²) in [4.78, 5) is 0. The molecule has 0 saturated carbocycles. The van der Waals surface area contributed by atoms with Gasteiger partial charge in [-0.05, 0) is 32.1 Å². The van der Waals surface area contributed by atoms with E-state index in [1.54, 1.807) is 0 Å². The quantitative estimate of drug-likeness (QED) is 0.706. The number of hydrogen-bond acceptors (Lipinski definition) is 4. The van der Waals surface area contributed by atoms with Gasteiger partial charge in [-0.2, -0.15) is 0 Å². The van der Waals surface area contributed by atoms with Crippen molar-refractivity contribution in [2.45, 2.75) is 70.4 Å². The first-order valence-corrected chi connectivity index (χ1v) is 7.76. The summed E-state index contributed by atoms with van der Waals surface area (Å²) in [5.74, 6) is 1.03. The Morgan fingerprint density at radius 3 is 1.58 bits per heavy atom. The van der Waals surface area contributed by atoms with Crippen LogP contribution < -0.4 is 0 Å². The molecule has 2 fully saturated rings. The van der Waals surface area contributed by atoms with Gasteiger partial charge in [0, 0.05) is 11.8 Å². The van der Waals surface area contributed by atoms with E-state index >= 15 is 0 Å². The van der Waals surface area contributed by atoms with Crippen molar-refractivity contribution in [2.24, 2.45) is 11.8 Å². The Balaban J connectivity index is 1.61. The van der Waals surface area contributed by atoms with Crippen LogP contribution in [0.4, 0.5) is 0 Å². The van der Waals surface area contributed by atoms with Gasteiger partial charge in [-0.1, -0.05) is 13.8 Å². The lowest BCUT2D eigenvalue weighted by Crippen LogP contribution is -2.48. The molecule has 0 spiro atoms. The van der Waals surface area contributed by atoms with E-state index in [4.69, 9.17) is 9.47 Å². The van der Waals surface area contributed by atoms with Gasteiger partial charge in [0.2, 0.25) is 0 Å². The largest absolute Gasteiger partial charge is 0.390 e. The monoisotopic (exact) mass is 272 g/mol. The van der Waals surface area contributed by atoms with Crippen molar-refractivity contribution < 1.29 is 19.7 Å². The number of rotatable bonds is 8. The van der Waals surface area contributed by atoms with Gasteiger partial charge in [-0.15, -0.1) is 0 Å². The molecule has 2 aliphatic heterocycles. The van der Waals surface area contributed by atoms with Crippen LogP contribution in [-0.2, 0) is 9.47 Å². The molecule has 6 atom stereocenters. The zero-order valence-corrected chi connectivity index (χ0v) is 12.1. The third-order valence-corrected chi connectivity index (χ3v) is 4.74. The van der Waals surface area contributed by atoms with Gasteiger partial charge in [0.1, 0.15) is 0 Å². The van der Waals surface area contributed by atoms with Gasteiger partial charge in [0.15, 0.2) is 0 Å². The van der Waals surface area contributed by atoms with Crippen molar-refractivity contribution in [3.63, 3.8) is 0 Å². The first-order chi connectivity index (χ1) is 9.17. The van der Waals surface area contributed by atoms with E-state index in [0.717, 1.165) is 32.5 Å². The van der Waals surface area contributed by atoms with Crippen LogP contribution in [0, 0.1) is 11.8 Å². The van der Waals surface area contributed by atoms with E-state index in [1.165, 1.54) is 0 Å². The number of aliphatic hydroxyl groups excluding tert-OH is 2. The van der Waals surface area contributed by atoms with Crippen molar-refractivity contribution >= 4 is 0 Å². The van der Waals surface area contributed by atoms with Crippen LogP contribution in [0.1, 0.15) is 46.0 Å². The normalized spacial score (nSPS) is 37.3. The Labute approximate surface area is 116 Å². The highest BCUT2D eigenvalue weighted by atomic mass is 16.5. The predicted octanol–water partition coefficient (Wildman–Crippen LogP) is 1.73. The molecule has 0 aliphatic carbocycles. The summed E-state index contributed by atoms with van der Waals surface area (Å²) in [5.41, 5.74) is 0. The third-order valence-electron chi connectivity index (χ3n) is 4.74. The first kappa shape index (κ1) is 15.2. The lowest BCUT2D eigenvalue weighted by molar-refractivity contribution is -0.175. The molecule has 2 rings (SSSR count). The topological polar surface area (TPSA) is 58.9 Å². The minimum atomic E-state index is -0.379. The second-order valence-electron chi connectivity index (χ2n) is 6.00. The van der Waals surface area contributed by atoms with Gasteiger partial charge in [-0.3, -0.25) is 0 Å². The van der Waals surface area contributed by atoms with Gasteiger partial charge < -0.3 is 19.7 Å². The SMILES string of the molecule is CCC1COC1C(O)CCCC(O)C1OCC1CC. The van der Waals surface area contributed by atoms with E-state index in [9.17, 15) is 10.2 Å². The molecule has 0 radical (unpaired) electrons. The Morgan fingerprint density at radius 1 is 0.895 bits per heavy atom. The highest BCUT2D eigenvalue weighted by molar-refractivity contribution is 4.86. The lowest BCUT2D eigenvalue weighted by Gasteiger charge is -2.40. The number of ether oxygens (including phenoxy) is 2. The highest BCUT2D eigenvalue weighted by Gasteiger charge is 2.37. The summed E-state index contributed by atoms with van der Waals surface area (Å²) in [7, 11) is 0. The summed E-state index contributed by atoms with van der Waals surface area (Å²) < 4.78 is 10.9. The summed E-state index contributed by atoms with van der Waals surface area (Å²) in [6.07, 6.45) is 3.66. The molecule has 0 amide bonds. The average Bonchev–Trinajstić information content (AvgIpc) is 2.27. The molecule has 0 bridgehead atoms. The molecular formula is C15H28O4. The second-order valence-corrected chi connectivity index (χ2v) is 6.00. The molecule has 19 heavy (non-hydrogen) atoms. The average molecular weight is 272 g/mol. The van der Waals surface area contributed by atoms with Crippen molar-refractivity contribution in [2.75, 3.05) is 13.2 Å². The van der Waals surface area contributed by atoms with Gasteiger partial charge in [0.25, 0.3) is 0 Å². The van der Waals surface area contributed by atoms with E-state index in [0.29, 0.717) is 24.7 Å². The molecule has 2 saturated heterocycles. The molecule has 6 unspecified atom stereocenters. The summed E-state index contributed by atoms with van der Waals surface area (Å²) in [6.45, 7) is 5.84. The molecule has 0 aromatic carbocycles. The van der Waals surface area contributed by atoms with E-state index in [1.807, 2.05) is 0 Å². The maximum absolute atomic E-state index is 10.1. The summed E-state index contributed by atoms with van der Waals surface area (Å²) in [6, 6.07) is 0. The minimum Gasteiger partial charge on any atom is -0.390 e. The fourth-order valence-corrected chi connectivity index (χ4v) is 3.10. The van der Waals surface area contributed by atoms with Gasteiger partial charge in [0.05, 0.1) is 37.6 Å². The van der Waals surface area contributed by atoms with Crippen molar-refractivity contribution in [3.05, 3.63) is 0 Å². The molecule has 112 valence electrons. The molecule has 2 heterocycles. The molecule has 2 N–H and O–H groups in total. The minimum absolute atomic E-state index is 0.0190. The number of aliphatic hydroxyl groups is 2. The molecule has 2 aliphatic rings. The molecule has 0 aromatic heterocycles. The zero-order chi connectivity index (χ0) is 13.8. The van der Waals surface area contributed by atoms with Crippen LogP contribution in [0.2, 0.25) is 0 Å². The standard InChI is InChI=1S/C15H28O4/c1-3-10-8-18-14(10)12(16)6-5-7-13(17)15-11(4-2)9-19-15/h10-17H,3-9H2,1-2H3. The zero-order valence-electron chi connectivity index (χ0n) is 12.1. The maximum atomic E-state index is 10.1. The van der Waals surface area contributed by atoms with Crippen molar-refractivity contribution in [1.82, 2.24) is 0 Å². The Hall–Kier alpha value is -0.160.